The fourth-order valence-electron chi connectivity index (χ4n) is 2.82. The Morgan fingerprint density at radius 1 is 1.50 bits per heavy atom. The van der Waals surface area contributed by atoms with Gasteiger partial charge in [0.1, 0.15) is 0 Å². The van der Waals surface area contributed by atoms with E-state index in [-0.39, 0.29) is 12.5 Å². The smallest absolute Gasteiger partial charge is 0.310 e. The number of nitrogens with two attached hydrogens (primary N) is 1. The Morgan fingerprint density at radius 2 is 2.17 bits per heavy atom. The average molecular weight is 244 g/mol. The number of nitriles is 1. The zero-order valence-electron chi connectivity index (χ0n) is 10.1. The summed E-state index contributed by atoms with van der Waals surface area (Å²) in [5, 5.41) is 18.6. The Morgan fingerprint density at radius 3 is 2.61 bits per heavy atom. The molecular formula is C14H16N2O2. The van der Waals surface area contributed by atoms with E-state index in [1.807, 2.05) is 12.1 Å². The lowest BCUT2D eigenvalue weighted by Gasteiger charge is -2.44. The van der Waals surface area contributed by atoms with Gasteiger partial charge < -0.3 is 10.8 Å². The van der Waals surface area contributed by atoms with Crippen molar-refractivity contribution in [3.63, 3.8) is 0 Å². The maximum atomic E-state index is 11.5. The molecule has 0 heterocycles. The second kappa shape index (κ2) is 4.79. The third-order valence-electron chi connectivity index (χ3n) is 4.03. The molecule has 1 atom stereocenters. The first-order valence-electron chi connectivity index (χ1n) is 6.08. The van der Waals surface area contributed by atoms with Crippen molar-refractivity contribution >= 4 is 5.97 Å². The molecule has 2 rings (SSSR count). The van der Waals surface area contributed by atoms with Crippen molar-refractivity contribution in [3.05, 3.63) is 35.4 Å². The van der Waals surface area contributed by atoms with Gasteiger partial charge in [0.2, 0.25) is 0 Å². The van der Waals surface area contributed by atoms with Crippen LogP contribution in [-0.2, 0) is 4.79 Å². The molecule has 0 unspecified atom stereocenters. The van der Waals surface area contributed by atoms with E-state index in [0.717, 1.165) is 12.0 Å². The van der Waals surface area contributed by atoms with Crippen LogP contribution in [-0.4, -0.2) is 17.6 Å². The summed E-state index contributed by atoms with van der Waals surface area (Å²) in [6.07, 6.45) is 2.20. The standard InChI is InChI=1S/C14H16N2O2/c15-8-10-4-1-2-5-11(10)12(9-16)14(13(17)18)6-3-7-14/h1-2,4-5,12H,3,6-7,9,16H2,(H,17,18)/t12-/m0/s1. The minimum atomic E-state index is -0.794. The van der Waals surface area contributed by atoms with Crippen molar-refractivity contribution in [1.82, 2.24) is 0 Å². The third-order valence-corrected chi connectivity index (χ3v) is 4.03. The van der Waals surface area contributed by atoms with Crippen LogP contribution in [0.25, 0.3) is 0 Å². The molecule has 18 heavy (non-hydrogen) atoms. The molecule has 4 nitrogen and oxygen atoms in total. The van der Waals surface area contributed by atoms with E-state index in [2.05, 4.69) is 6.07 Å². The average Bonchev–Trinajstić information content (AvgIpc) is 2.33. The number of carbonyl (C=O) groups is 1. The van der Waals surface area contributed by atoms with Gasteiger partial charge >= 0.3 is 5.97 Å². The Balaban J connectivity index is 2.46. The first-order chi connectivity index (χ1) is 8.65. The first-order valence-corrected chi connectivity index (χ1v) is 6.08. The molecule has 1 aromatic carbocycles. The van der Waals surface area contributed by atoms with Gasteiger partial charge in [-0.05, 0) is 24.5 Å². The fourth-order valence-corrected chi connectivity index (χ4v) is 2.82. The summed E-state index contributed by atoms with van der Waals surface area (Å²) in [4.78, 5) is 11.5. The van der Waals surface area contributed by atoms with E-state index in [1.54, 1.807) is 12.1 Å². The highest BCUT2D eigenvalue weighted by atomic mass is 16.4. The van der Waals surface area contributed by atoms with Gasteiger partial charge in [0.25, 0.3) is 0 Å². The number of aliphatic carboxylic acids is 1. The van der Waals surface area contributed by atoms with Crippen LogP contribution in [0.1, 0.15) is 36.3 Å². The van der Waals surface area contributed by atoms with Crippen LogP contribution in [0.15, 0.2) is 24.3 Å². The molecule has 0 aromatic heterocycles. The van der Waals surface area contributed by atoms with Crippen molar-refractivity contribution < 1.29 is 9.90 Å². The van der Waals surface area contributed by atoms with Crippen LogP contribution < -0.4 is 5.73 Å². The van der Waals surface area contributed by atoms with E-state index in [0.29, 0.717) is 18.4 Å². The van der Waals surface area contributed by atoms with Crippen molar-refractivity contribution in [2.24, 2.45) is 11.1 Å². The topological polar surface area (TPSA) is 87.1 Å². The van der Waals surface area contributed by atoms with Crippen LogP contribution in [0.4, 0.5) is 0 Å². The number of hydrogen-bond acceptors (Lipinski definition) is 3. The Labute approximate surface area is 106 Å². The molecule has 4 heteroatoms. The molecule has 1 aliphatic rings. The number of nitrogens with zero attached hydrogens (tertiary/aromatic N) is 1. The van der Waals surface area contributed by atoms with Crippen LogP contribution in [0.3, 0.4) is 0 Å². The number of rotatable bonds is 4. The van der Waals surface area contributed by atoms with Gasteiger partial charge in [0.05, 0.1) is 17.0 Å². The zero-order valence-corrected chi connectivity index (χ0v) is 10.1. The van der Waals surface area contributed by atoms with E-state index in [9.17, 15) is 9.90 Å². The lowest BCUT2D eigenvalue weighted by Crippen LogP contribution is -2.46. The van der Waals surface area contributed by atoms with Gasteiger partial charge in [-0.2, -0.15) is 5.26 Å². The summed E-state index contributed by atoms with van der Waals surface area (Å²) in [7, 11) is 0. The fraction of sp³-hybridized carbons (Fsp3) is 0.429. The highest BCUT2D eigenvalue weighted by molar-refractivity contribution is 5.77. The van der Waals surface area contributed by atoms with Crippen LogP contribution in [0.2, 0.25) is 0 Å². The summed E-state index contributed by atoms with van der Waals surface area (Å²) in [5.74, 6) is -1.07. The molecule has 1 fully saturated rings. The van der Waals surface area contributed by atoms with Gasteiger partial charge in [-0.15, -0.1) is 0 Å². The van der Waals surface area contributed by atoms with Gasteiger partial charge in [-0.3, -0.25) is 4.79 Å². The molecule has 0 amide bonds. The minimum Gasteiger partial charge on any atom is -0.481 e. The molecule has 94 valence electrons. The second-order valence-electron chi connectivity index (χ2n) is 4.80. The molecule has 1 saturated carbocycles. The molecular weight excluding hydrogens is 228 g/mol. The predicted molar refractivity (Wildman–Crippen MR) is 66.9 cm³/mol. The quantitative estimate of drug-likeness (QED) is 0.846. The van der Waals surface area contributed by atoms with E-state index < -0.39 is 11.4 Å². The first kappa shape index (κ1) is 12.6. The molecule has 0 saturated heterocycles. The zero-order chi connectivity index (χ0) is 13.2. The Bertz CT molecular complexity index is 501. The third kappa shape index (κ3) is 1.77. The molecule has 1 aromatic rings. The normalized spacial score (nSPS) is 18.4. The van der Waals surface area contributed by atoms with Crippen LogP contribution in [0.5, 0.6) is 0 Å². The van der Waals surface area contributed by atoms with Crippen molar-refractivity contribution in [3.8, 4) is 6.07 Å². The lowest BCUT2D eigenvalue weighted by molar-refractivity contribution is -0.156. The molecule has 0 radical (unpaired) electrons. The van der Waals surface area contributed by atoms with Crippen LogP contribution >= 0.6 is 0 Å². The van der Waals surface area contributed by atoms with E-state index in [1.165, 1.54) is 0 Å². The predicted octanol–water partition coefficient (Wildman–Crippen LogP) is 1.86. The lowest BCUT2D eigenvalue weighted by atomic mass is 9.59. The molecule has 0 bridgehead atoms. The van der Waals surface area contributed by atoms with Gasteiger partial charge in [0.15, 0.2) is 0 Å². The van der Waals surface area contributed by atoms with Crippen molar-refractivity contribution in [2.75, 3.05) is 6.54 Å². The molecule has 3 N–H and O–H groups in total. The summed E-state index contributed by atoms with van der Waals surface area (Å²) in [6, 6.07) is 9.26. The summed E-state index contributed by atoms with van der Waals surface area (Å²) in [5.41, 5.74) is 6.31. The minimum absolute atomic E-state index is 0.255. The maximum Gasteiger partial charge on any atom is 0.310 e. The monoisotopic (exact) mass is 244 g/mol. The van der Waals surface area contributed by atoms with Gasteiger partial charge in [-0.25, -0.2) is 0 Å². The Hall–Kier alpha value is -1.86. The van der Waals surface area contributed by atoms with Gasteiger partial charge in [-0.1, -0.05) is 24.6 Å². The SMILES string of the molecule is N#Cc1ccccc1[C@H](CN)C1(C(=O)O)CCC1. The largest absolute Gasteiger partial charge is 0.481 e. The number of carboxylic acid groups (broad SMARTS) is 1. The summed E-state index contributed by atoms with van der Waals surface area (Å²) in [6.45, 7) is 0.255. The molecule has 1 aliphatic carbocycles. The highest BCUT2D eigenvalue weighted by Crippen LogP contribution is 2.51. The van der Waals surface area contributed by atoms with Crippen molar-refractivity contribution in [2.45, 2.75) is 25.2 Å². The van der Waals surface area contributed by atoms with E-state index >= 15 is 0 Å². The van der Waals surface area contributed by atoms with Gasteiger partial charge in [0, 0.05) is 12.5 Å². The summed E-state index contributed by atoms with van der Waals surface area (Å²) < 4.78 is 0. The van der Waals surface area contributed by atoms with Crippen LogP contribution in [0, 0.1) is 16.7 Å². The highest BCUT2D eigenvalue weighted by Gasteiger charge is 2.50. The summed E-state index contributed by atoms with van der Waals surface area (Å²) >= 11 is 0. The number of hydrogen-bond donors (Lipinski definition) is 2. The molecule has 0 aliphatic heterocycles. The number of benzene rings is 1. The van der Waals surface area contributed by atoms with E-state index in [4.69, 9.17) is 11.0 Å². The molecule has 0 spiro atoms. The van der Waals surface area contributed by atoms with Crippen molar-refractivity contribution in [1.29, 1.82) is 5.26 Å². The Kier molecular flexibility index (Phi) is 3.35. The maximum absolute atomic E-state index is 11.5. The number of carboxylic acids is 1. The second-order valence-corrected chi connectivity index (χ2v) is 4.80.